The number of hydrogen-bond acceptors (Lipinski definition) is 9. The predicted octanol–water partition coefficient (Wildman–Crippen LogP) is 3.43. The molecule has 2 fully saturated rings. The number of hydrogen-bond donors (Lipinski definition) is 1. The van der Waals surface area contributed by atoms with Crippen LogP contribution in [0.3, 0.4) is 0 Å². The Hall–Kier alpha value is -2.67. The largest absolute Gasteiger partial charge is 0.405 e. The van der Waals surface area contributed by atoms with Crippen molar-refractivity contribution in [3.63, 3.8) is 0 Å². The van der Waals surface area contributed by atoms with Crippen LogP contribution in [0.2, 0.25) is 5.04 Å². The van der Waals surface area contributed by atoms with Gasteiger partial charge >= 0.3 is 13.3 Å². The minimum atomic E-state index is -3.45. The summed E-state index contributed by atoms with van der Waals surface area (Å²) in [4.78, 5) is 27.1. The van der Waals surface area contributed by atoms with Gasteiger partial charge in [0.05, 0.1) is 38.7 Å². The normalized spacial score (nSPS) is 24.0. The molecule has 244 valence electrons. The van der Waals surface area contributed by atoms with Crippen LogP contribution in [0.1, 0.15) is 40.8 Å². The van der Waals surface area contributed by atoms with E-state index >= 15 is 0 Å². The molecular formula is C32H43N2O9PSi. The number of rotatable bonds is 12. The Morgan fingerprint density at radius 1 is 0.911 bits per heavy atom. The van der Waals surface area contributed by atoms with E-state index in [4.69, 9.17) is 27.7 Å². The van der Waals surface area contributed by atoms with E-state index in [0.29, 0.717) is 0 Å². The van der Waals surface area contributed by atoms with Gasteiger partial charge < -0.3 is 27.7 Å². The van der Waals surface area contributed by atoms with Crippen LogP contribution in [0, 0.1) is 0 Å². The number of H-pyrrole nitrogens is 1. The van der Waals surface area contributed by atoms with Crippen LogP contribution in [0.25, 0.3) is 0 Å². The lowest BCUT2D eigenvalue weighted by Gasteiger charge is -2.44. The van der Waals surface area contributed by atoms with Crippen molar-refractivity contribution in [2.75, 3.05) is 32.6 Å². The van der Waals surface area contributed by atoms with Gasteiger partial charge in [0, 0.05) is 12.3 Å². The topological polar surface area (TPSA) is 127 Å². The minimum Gasteiger partial charge on any atom is -0.405 e. The second-order valence-electron chi connectivity index (χ2n) is 12.2. The highest BCUT2D eigenvalue weighted by molar-refractivity contribution is 7.53. The Morgan fingerprint density at radius 3 is 2.04 bits per heavy atom. The van der Waals surface area contributed by atoms with E-state index in [0.717, 1.165) is 10.4 Å². The van der Waals surface area contributed by atoms with Crippen LogP contribution in [0.15, 0.2) is 82.5 Å². The zero-order valence-corrected chi connectivity index (χ0v) is 28.3. The van der Waals surface area contributed by atoms with Gasteiger partial charge in [-0.05, 0) is 29.3 Å². The molecular weight excluding hydrogens is 615 g/mol. The van der Waals surface area contributed by atoms with Crippen molar-refractivity contribution in [1.29, 1.82) is 0 Å². The number of ether oxygens (including phenoxy) is 3. The molecule has 2 aliphatic rings. The van der Waals surface area contributed by atoms with Crippen molar-refractivity contribution in [2.45, 2.75) is 70.3 Å². The molecule has 0 spiro atoms. The van der Waals surface area contributed by atoms with Crippen molar-refractivity contribution < 1.29 is 32.2 Å². The molecule has 1 aromatic heterocycles. The molecule has 1 N–H and O–H groups in total. The summed E-state index contributed by atoms with van der Waals surface area (Å²) in [5.41, 5.74) is -1.16. The standard InChI is InChI=1S/C32H43N2O9PSi/c1-6-39-44(37,40-7-2)22-23-20-38-28-26(43-30(29(28)42-23)34-19-18-27(35)33-31(34)36)21-41-45(32(3,4)5,24-14-10-8-11-15-24)25-16-12-9-13-17-25/h8-19,23,26,28-30H,6-7,20-22H2,1-5H3,(H,33,35,36)/t23-,26-,28-,29-,30-/m1/s1. The highest BCUT2D eigenvalue weighted by atomic mass is 31.2. The molecule has 0 amide bonds. The van der Waals surface area contributed by atoms with Gasteiger partial charge in [-0.25, -0.2) is 4.79 Å². The maximum Gasteiger partial charge on any atom is 0.333 e. The molecule has 3 aromatic rings. The van der Waals surface area contributed by atoms with Gasteiger partial charge in [-0.1, -0.05) is 81.4 Å². The number of nitrogens with one attached hydrogen (secondary N) is 1. The first kappa shape index (κ1) is 33.7. The van der Waals surface area contributed by atoms with Crippen molar-refractivity contribution in [2.24, 2.45) is 0 Å². The van der Waals surface area contributed by atoms with E-state index < -0.39 is 57.8 Å². The highest BCUT2D eigenvalue weighted by Gasteiger charge is 2.55. The summed E-state index contributed by atoms with van der Waals surface area (Å²) in [5.74, 6) is 0. The quantitative estimate of drug-likeness (QED) is 0.230. The molecule has 0 bridgehead atoms. The minimum absolute atomic E-state index is 0.0195. The number of nitrogens with zero attached hydrogens (tertiary/aromatic N) is 1. The second-order valence-corrected chi connectivity index (χ2v) is 18.6. The van der Waals surface area contributed by atoms with Crippen LogP contribution in [-0.4, -0.2) is 74.9 Å². The lowest BCUT2D eigenvalue weighted by atomic mass is 10.1. The molecule has 11 nitrogen and oxygen atoms in total. The van der Waals surface area contributed by atoms with Crippen molar-refractivity contribution in [3.8, 4) is 0 Å². The Bertz CT molecular complexity index is 1530. The smallest absolute Gasteiger partial charge is 0.333 e. The Balaban J connectivity index is 1.48. The fourth-order valence-electron chi connectivity index (χ4n) is 6.37. The van der Waals surface area contributed by atoms with Gasteiger partial charge in [-0.3, -0.25) is 18.9 Å². The van der Waals surface area contributed by atoms with E-state index in [-0.39, 0.29) is 37.6 Å². The van der Waals surface area contributed by atoms with Crippen LogP contribution in [0.5, 0.6) is 0 Å². The fraction of sp³-hybridized carbons (Fsp3) is 0.500. The molecule has 0 aliphatic carbocycles. The Labute approximate surface area is 264 Å². The molecule has 0 saturated carbocycles. The van der Waals surface area contributed by atoms with E-state index in [1.807, 2.05) is 36.4 Å². The Kier molecular flexibility index (Phi) is 10.5. The predicted molar refractivity (Wildman–Crippen MR) is 173 cm³/mol. The lowest BCUT2D eigenvalue weighted by Crippen LogP contribution is -2.67. The molecule has 2 aliphatic heterocycles. The van der Waals surface area contributed by atoms with Crippen LogP contribution in [-0.2, 0) is 32.2 Å². The Morgan fingerprint density at radius 2 is 1.51 bits per heavy atom. The van der Waals surface area contributed by atoms with Crippen LogP contribution in [0.4, 0.5) is 0 Å². The first-order chi connectivity index (χ1) is 21.5. The molecule has 5 atom stereocenters. The maximum atomic E-state index is 13.3. The summed E-state index contributed by atoms with van der Waals surface area (Å²) in [6, 6.07) is 21.8. The molecule has 0 radical (unpaired) electrons. The zero-order valence-electron chi connectivity index (χ0n) is 26.4. The summed E-state index contributed by atoms with van der Waals surface area (Å²) in [7, 11) is -6.37. The lowest BCUT2D eigenvalue weighted by molar-refractivity contribution is -0.176. The number of benzene rings is 2. The summed E-state index contributed by atoms with van der Waals surface area (Å²) < 4.78 is 52.1. The fourth-order valence-corrected chi connectivity index (χ4v) is 12.7. The van der Waals surface area contributed by atoms with Crippen LogP contribution >= 0.6 is 7.60 Å². The number of fused-ring (bicyclic) bond motifs is 1. The molecule has 3 heterocycles. The molecule has 0 unspecified atom stereocenters. The van der Waals surface area contributed by atoms with Crippen molar-refractivity contribution >= 4 is 26.3 Å². The average Bonchev–Trinajstić information content (AvgIpc) is 3.35. The van der Waals surface area contributed by atoms with Crippen molar-refractivity contribution in [3.05, 3.63) is 93.8 Å². The third-order valence-electron chi connectivity index (χ3n) is 8.19. The van der Waals surface area contributed by atoms with Crippen LogP contribution < -0.4 is 21.6 Å². The summed E-state index contributed by atoms with van der Waals surface area (Å²) in [6.07, 6.45) is -2.21. The van der Waals surface area contributed by atoms with Gasteiger partial charge in [0.25, 0.3) is 13.9 Å². The first-order valence-electron chi connectivity index (χ1n) is 15.4. The highest BCUT2D eigenvalue weighted by Crippen LogP contribution is 2.50. The van der Waals surface area contributed by atoms with E-state index in [1.165, 1.54) is 16.8 Å². The average molecular weight is 659 g/mol. The third-order valence-corrected chi connectivity index (χ3v) is 15.4. The van der Waals surface area contributed by atoms with Gasteiger partial charge in [-0.2, -0.15) is 0 Å². The zero-order chi connectivity index (χ0) is 32.2. The second kappa shape index (κ2) is 14.0. The van der Waals surface area contributed by atoms with Crippen molar-refractivity contribution in [1.82, 2.24) is 9.55 Å². The van der Waals surface area contributed by atoms with Gasteiger partial charge in [-0.15, -0.1) is 0 Å². The monoisotopic (exact) mass is 658 g/mol. The summed E-state index contributed by atoms with van der Waals surface area (Å²) in [5, 5.41) is 1.97. The van der Waals surface area contributed by atoms with Gasteiger partial charge in [0.15, 0.2) is 6.23 Å². The maximum absolute atomic E-state index is 13.3. The molecule has 13 heteroatoms. The third kappa shape index (κ3) is 7.03. The number of aromatic nitrogens is 2. The molecule has 2 aromatic carbocycles. The summed E-state index contributed by atoms with van der Waals surface area (Å²) in [6.45, 7) is 10.8. The van der Waals surface area contributed by atoms with E-state index in [2.05, 4.69) is 50.0 Å². The molecule has 45 heavy (non-hydrogen) atoms. The molecule has 2 saturated heterocycles. The van der Waals surface area contributed by atoms with Gasteiger partial charge in [0.2, 0.25) is 0 Å². The van der Waals surface area contributed by atoms with E-state index in [1.54, 1.807) is 13.8 Å². The van der Waals surface area contributed by atoms with Gasteiger partial charge in [0.1, 0.15) is 18.3 Å². The van der Waals surface area contributed by atoms with E-state index in [9.17, 15) is 14.2 Å². The first-order valence-corrected chi connectivity index (χ1v) is 19.0. The molecule has 5 rings (SSSR count). The SMILES string of the molecule is CCOP(=O)(C[C@H]1CO[C@H]2[C@@H](O1)[C@H](n1ccc(=O)[nH]c1=O)O[C@@H]2CO[Si](c1ccccc1)(c1ccccc1)C(C)(C)C)OCC. The number of aromatic amines is 1. The summed E-state index contributed by atoms with van der Waals surface area (Å²) >= 11 is 0.